The Labute approximate surface area is 108 Å². The number of aromatic hydroxyl groups is 2. The molecule has 1 heterocycles. The molecule has 5 nitrogen and oxygen atoms in total. The van der Waals surface area contributed by atoms with Gasteiger partial charge in [-0.3, -0.25) is 4.79 Å². The van der Waals surface area contributed by atoms with E-state index in [0.717, 1.165) is 5.01 Å². The maximum Gasteiger partial charge on any atom is 0.251 e. The summed E-state index contributed by atoms with van der Waals surface area (Å²) in [5, 5.41) is 23.9. The third-order valence-electron chi connectivity index (χ3n) is 2.41. The van der Waals surface area contributed by atoms with E-state index < -0.39 is 0 Å². The summed E-state index contributed by atoms with van der Waals surface area (Å²) in [6.45, 7) is 1.83. The van der Waals surface area contributed by atoms with E-state index >= 15 is 0 Å². The number of carbonyl (C=O) groups excluding carboxylic acids is 1. The fourth-order valence-corrected chi connectivity index (χ4v) is 2.10. The van der Waals surface area contributed by atoms with Crippen molar-refractivity contribution in [1.29, 1.82) is 0 Å². The summed E-state index contributed by atoms with van der Waals surface area (Å²) >= 11 is 1.46. The predicted octanol–water partition coefficient (Wildman–Crippen LogP) is 2.05. The number of phenols is 2. The molecule has 1 atom stereocenters. The fraction of sp³-hybridized carbons (Fsp3) is 0.167. The molecule has 0 spiro atoms. The summed E-state index contributed by atoms with van der Waals surface area (Å²) in [7, 11) is 0. The van der Waals surface area contributed by atoms with Crippen LogP contribution in [-0.2, 0) is 0 Å². The molecule has 3 N–H and O–H groups in total. The van der Waals surface area contributed by atoms with E-state index in [0.29, 0.717) is 0 Å². The maximum absolute atomic E-state index is 11.9. The summed E-state index contributed by atoms with van der Waals surface area (Å²) in [5.74, 6) is -0.892. The lowest BCUT2D eigenvalue weighted by Crippen LogP contribution is -2.26. The van der Waals surface area contributed by atoms with Gasteiger partial charge in [0, 0.05) is 17.1 Å². The third-order valence-corrected chi connectivity index (χ3v) is 3.37. The molecule has 0 bridgehead atoms. The second-order valence-corrected chi connectivity index (χ2v) is 4.70. The number of nitrogens with one attached hydrogen (secondary N) is 1. The van der Waals surface area contributed by atoms with E-state index in [1.807, 2.05) is 12.3 Å². The van der Waals surface area contributed by atoms with E-state index in [9.17, 15) is 9.90 Å². The first-order valence-electron chi connectivity index (χ1n) is 5.30. The second kappa shape index (κ2) is 5.05. The minimum Gasteiger partial charge on any atom is -0.504 e. The molecule has 0 fully saturated rings. The molecule has 0 saturated carbocycles. The van der Waals surface area contributed by atoms with Crippen molar-refractivity contribution in [3.05, 3.63) is 40.3 Å². The monoisotopic (exact) mass is 264 g/mol. The van der Waals surface area contributed by atoms with E-state index in [-0.39, 0.29) is 29.0 Å². The van der Waals surface area contributed by atoms with Crippen LogP contribution in [0.15, 0.2) is 29.8 Å². The average molecular weight is 264 g/mol. The molecular formula is C12H12N2O3S. The fourth-order valence-electron chi connectivity index (χ4n) is 1.45. The lowest BCUT2D eigenvalue weighted by Gasteiger charge is -2.11. The zero-order valence-electron chi connectivity index (χ0n) is 9.62. The van der Waals surface area contributed by atoms with Crippen LogP contribution in [0, 0.1) is 0 Å². The number of phenolic OH excluding ortho intramolecular Hbond substituents is 2. The summed E-state index contributed by atoms with van der Waals surface area (Å²) < 4.78 is 0. The topological polar surface area (TPSA) is 82.5 Å². The SMILES string of the molecule is CC(NC(=O)c1ccc(O)c(O)c1)c1nccs1. The lowest BCUT2D eigenvalue weighted by molar-refractivity contribution is 0.0939. The molecule has 2 rings (SSSR count). The maximum atomic E-state index is 11.9. The standard InChI is InChI=1S/C12H12N2O3S/c1-7(12-13-4-5-18-12)14-11(17)8-2-3-9(15)10(16)6-8/h2-7,15-16H,1H3,(H,14,17). The van der Waals surface area contributed by atoms with E-state index in [1.54, 1.807) is 6.20 Å². The van der Waals surface area contributed by atoms with Gasteiger partial charge in [-0.05, 0) is 25.1 Å². The highest BCUT2D eigenvalue weighted by Gasteiger charge is 2.14. The Morgan fingerprint density at radius 2 is 2.17 bits per heavy atom. The van der Waals surface area contributed by atoms with Crippen LogP contribution in [0.3, 0.4) is 0 Å². The first-order valence-corrected chi connectivity index (χ1v) is 6.18. The Balaban J connectivity index is 2.10. The van der Waals surface area contributed by atoms with Crippen molar-refractivity contribution < 1.29 is 15.0 Å². The van der Waals surface area contributed by atoms with Crippen LogP contribution in [0.25, 0.3) is 0 Å². The molecule has 0 aliphatic rings. The molecule has 0 aliphatic heterocycles. The third kappa shape index (κ3) is 2.60. The highest BCUT2D eigenvalue weighted by atomic mass is 32.1. The van der Waals surface area contributed by atoms with Gasteiger partial charge in [-0.25, -0.2) is 4.98 Å². The molecule has 6 heteroatoms. The molecule has 0 saturated heterocycles. The van der Waals surface area contributed by atoms with Gasteiger partial charge < -0.3 is 15.5 Å². The summed E-state index contributed by atoms with van der Waals surface area (Å²) in [6, 6.07) is 3.74. The quantitative estimate of drug-likeness (QED) is 0.741. The van der Waals surface area contributed by atoms with Crippen molar-refractivity contribution in [3.63, 3.8) is 0 Å². The highest BCUT2D eigenvalue weighted by Crippen LogP contribution is 2.25. The number of thiazole rings is 1. The molecule has 1 amide bonds. The summed E-state index contributed by atoms with van der Waals surface area (Å²) in [4.78, 5) is 16.0. The van der Waals surface area contributed by atoms with Gasteiger partial charge in [-0.1, -0.05) is 0 Å². The van der Waals surface area contributed by atoms with Gasteiger partial charge in [0.25, 0.3) is 5.91 Å². The van der Waals surface area contributed by atoms with Crippen molar-refractivity contribution in [2.45, 2.75) is 13.0 Å². The molecule has 18 heavy (non-hydrogen) atoms. The zero-order chi connectivity index (χ0) is 13.1. The van der Waals surface area contributed by atoms with Gasteiger partial charge in [-0.2, -0.15) is 0 Å². The van der Waals surface area contributed by atoms with Crippen LogP contribution in [0.1, 0.15) is 28.3 Å². The van der Waals surface area contributed by atoms with Gasteiger partial charge in [-0.15, -0.1) is 11.3 Å². The molecular weight excluding hydrogens is 252 g/mol. The van der Waals surface area contributed by atoms with E-state index in [4.69, 9.17) is 5.11 Å². The smallest absolute Gasteiger partial charge is 0.251 e. The van der Waals surface area contributed by atoms with Crippen molar-refractivity contribution in [1.82, 2.24) is 10.3 Å². The van der Waals surface area contributed by atoms with Crippen molar-refractivity contribution in [2.24, 2.45) is 0 Å². The number of hydrogen-bond donors (Lipinski definition) is 3. The molecule has 94 valence electrons. The Kier molecular flexibility index (Phi) is 3.47. The van der Waals surface area contributed by atoms with Gasteiger partial charge in [0.2, 0.25) is 0 Å². The number of carbonyl (C=O) groups is 1. The summed E-state index contributed by atoms with van der Waals surface area (Å²) in [5.41, 5.74) is 0.286. The van der Waals surface area contributed by atoms with E-state index in [2.05, 4.69) is 10.3 Å². The molecule has 0 aliphatic carbocycles. The average Bonchev–Trinajstić information content (AvgIpc) is 2.86. The minimum atomic E-state index is -0.326. The summed E-state index contributed by atoms with van der Waals surface area (Å²) in [6.07, 6.45) is 1.68. The number of aromatic nitrogens is 1. The Hall–Kier alpha value is -2.08. The Bertz CT molecular complexity index is 554. The molecule has 0 radical (unpaired) electrons. The van der Waals surface area contributed by atoms with Crippen LogP contribution in [-0.4, -0.2) is 21.1 Å². The zero-order valence-corrected chi connectivity index (χ0v) is 10.4. The van der Waals surface area contributed by atoms with Crippen molar-refractivity contribution >= 4 is 17.2 Å². The highest BCUT2D eigenvalue weighted by molar-refractivity contribution is 7.09. The van der Waals surface area contributed by atoms with Crippen LogP contribution in [0.5, 0.6) is 11.5 Å². The Morgan fingerprint density at radius 3 is 2.78 bits per heavy atom. The van der Waals surface area contributed by atoms with Crippen molar-refractivity contribution in [2.75, 3.05) is 0 Å². The number of hydrogen-bond acceptors (Lipinski definition) is 5. The number of benzene rings is 1. The van der Waals surface area contributed by atoms with Gasteiger partial charge in [0.05, 0.1) is 6.04 Å². The van der Waals surface area contributed by atoms with Gasteiger partial charge >= 0.3 is 0 Å². The van der Waals surface area contributed by atoms with Crippen LogP contribution < -0.4 is 5.32 Å². The first kappa shape index (κ1) is 12.4. The number of nitrogens with zero attached hydrogens (tertiary/aromatic N) is 1. The normalized spacial score (nSPS) is 12.1. The van der Waals surface area contributed by atoms with Gasteiger partial charge in [0.15, 0.2) is 11.5 Å². The number of rotatable bonds is 3. The minimum absolute atomic E-state index is 0.201. The number of amides is 1. The molecule has 2 aromatic rings. The van der Waals surface area contributed by atoms with Crippen LogP contribution in [0.2, 0.25) is 0 Å². The van der Waals surface area contributed by atoms with Crippen LogP contribution >= 0.6 is 11.3 Å². The molecule has 1 unspecified atom stereocenters. The van der Waals surface area contributed by atoms with Crippen LogP contribution in [0.4, 0.5) is 0 Å². The largest absolute Gasteiger partial charge is 0.504 e. The Morgan fingerprint density at radius 1 is 1.39 bits per heavy atom. The van der Waals surface area contributed by atoms with Gasteiger partial charge in [0.1, 0.15) is 5.01 Å². The lowest BCUT2D eigenvalue weighted by atomic mass is 10.2. The molecule has 1 aromatic heterocycles. The predicted molar refractivity (Wildman–Crippen MR) is 67.8 cm³/mol. The second-order valence-electron chi connectivity index (χ2n) is 3.77. The van der Waals surface area contributed by atoms with Crippen molar-refractivity contribution in [3.8, 4) is 11.5 Å². The first-order chi connectivity index (χ1) is 8.58. The van der Waals surface area contributed by atoms with E-state index in [1.165, 1.54) is 29.5 Å². The molecule has 1 aromatic carbocycles.